The van der Waals surface area contributed by atoms with Crippen LogP contribution >= 0.6 is 23.1 Å². The van der Waals surface area contributed by atoms with Crippen LogP contribution in [0, 0.1) is 0 Å². The number of aromatic nitrogens is 2. The molecular formula is C9H11N3OS2. The van der Waals surface area contributed by atoms with Gasteiger partial charge in [0.2, 0.25) is 0 Å². The SMILES string of the molecule is COCCSc1nc(N)c2ccsc2n1. The van der Waals surface area contributed by atoms with Crippen LogP contribution in [0.2, 0.25) is 0 Å². The van der Waals surface area contributed by atoms with Crippen molar-refractivity contribution in [2.24, 2.45) is 0 Å². The van der Waals surface area contributed by atoms with Gasteiger partial charge in [-0.3, -0.25) is 0 Å². The van der Waals surface area contributed by atoms with Crippen LogP contribution in [0.4, 0.5) is 5.82 Å². The second kappa shape index (κ2) is 4.78. The van der Waals surface area contributed by atoms with Crippen molar-refractivity contribution in [3.8, 4) is 0 Å². The maximum atomic E-state index is 5.82. The van der Waals surface area contributed by atoms with Crippen LogP contribution in [-0.2, 0) is 4.74 Å². The second-order valence-corrected chi connectivity index (χ2v) is 4.83. The van der Waals surface area contributed by atoms with Crippen LogP contribution in [-0.4, -0.2) is 29.4 Å². The fraction of sp³-hybridized carbons (Fsp3) is 0.333. The summed E-state index contributed by atoms with van der Waals surface area (Å²) in [5.74, 6) is 1.40. The van der Waals surface area contributed by atoms with Crippen LogP contribution in [0.3, 0.4) is 0 Å². The molecule has 0 spiro atoms. The Morgan fingerprint density at radius 3 is 3.20 bits per heavy atom. The molecule has 0 aliphatic rings. The molecule has 0 saturated carbocycles. The molecule has 0 bridgehead atoms. The Morgan fingerprint density at radius 1 is 1.53 bits per heavy atom. The molecule has 2 heterocycles. The quantitative estimate of drug-likeness (QED) is 0.504. The number of nitrogen functional groups attached to an aromatic ring is 1. The van der Waals surface area contributed by atoms with Gasteiger partial charge in [0.1, 0.15) is 10.6 Å². The van der Waals surface area contributed by atoms with Gasteiger partial charge >= 0.3 is 0 Å². The van der Waals surface area contributed by atoms with Crippen molar-refractivity contribution in [2.75, 3.05) is 25.2 Å². The summed E-state index contributed by atoms with van der Waals surface area (Å²) in [5, 5.41) is 3.63. The first kappa shape index (κ1) is 10.7. The van der Waals surface area contributed by atoms with Crippen molar-refractivity contribution in [3.05, 3.63) is 11.4 Å². The Balaban J connectivity index is 2.21. The van der Waals surface area contributed by atoms with E-state index in [4.69, 9.17) is 10.5 Å². The van der Waals surface area contributed by atoms with E-state index in [1.807, 2.05) is 11.4 Å². The Kier molecular flexibility index (Phi) is 3.40. The highest BCUT2D eigenvalue weighted by atomic mass is 32.2. The fourth-order valence-corrected chi connectivity index (χ4v) is 2.72. The molecular weight excluding hydrogens is 230 g/mol. The van der Waals surface area contributed by atoms with E-state index in [0.717, 1.165) is 21.1 Å². The Hall–Kier alpha value is -0.850. The van der Waals surface area contributed by atoms with Crippen molar-refractivity contribution < 1.29 is 4.74 Å². The summed E-state index contributed by atoms with van der Waals surface area (Å²) >= 11 is 3.14. The molecule has 80 valence electrons. The van der Waals surface area contributed by atoms with E-state index in [1.165, 1.54) is 0 Å². The van der Waals surface area contributed by atoms with Crippen LogP contribution < -0.4 is 5.73 Å². The number of nitrogens with two attached hydrogens (primary N) is 1. The van der Waals surface area contributed by atoms with Gasteiger partial charge in [-0.25, -0.2) is 9.97 Å². The minimum atomic E-state index is 0.557. The lowest BCUT2D eigenvalue weighted by molar-refractivity contribution is 0.218. The normalized spacial score (nSPS) is 11.0. The van der Waals surface area contributed by atoms with Gasteiger partial charge in [-0.2, -0.15) is 0 Å². The summed E-state index contributed by atoms with van der Waals surface area (Å²) in [4.78, 5) is 9.58. The van der Waals surface area contributed by atoms with Crippen LogP contribution in [0.5, 0.6) is 0 Å². The third-order valence-corrected chi connectivity index (χ3v) is 3.47. The predicted octanol–water partition coefficient (Wildman–Crippen LogP) is 2.01. The van der Waals surface area contributed by atoms with Gasteiger partial charge in [0, 0.05) is 12.9 Å². The number of thiophene rings is 1. The molecule has 2 N–H and O–H groups in total. The summed E-state index contributed by atoms with van der Waals surface area (Å²) in [5.41, 5.74) is 5.82. The highest BCUT2D eigenvalue weighted by Gasteiger charge is 2.06. The summed E-state index contributed by atoms with van der Waals surface area (Å²) in [6.07, 6.45) is 0. The largest absolute Gasteiger partial charge is 0.384 e. The van der Waals surface area contributed by atoms with Crippen LogP contribution in [0.25, 0.3) is 10.2 Å². The first-order valence-electron chi connectivity index (χ1n) is 4.43. The molecule has 0 aliphatic heterocycles. The summed E-state index contributed by atoms with van der Waals surface area (Å²) in [6.45, 7) is 0.691. The number of rotatable bonds is 4. The van der Waals surface area contributed by atoms with Crippen LogP contribution in [0.15, 0.2) is 16.6 Å². The Labute approximate surface area is 95.9 Å². The average molecular weight is 241 g/mol. The van der Waals surface area contributed by atoms with E-state index in [1.54, 1.807) is 30.2 Å². The van der Waals surface area contributed by atoms with Gasteiger partial charge < -0.3 is 10.5 Å². The van der Waals surface area contributed by atoms with Crippen LogP contribution in [0.1, 0.15) is 0 Å². The Morgan fingerprint density at radius 2 is 2.40 bits per heavy atom. The number of anilines is 1. The van der Waals surface area contributed by atoms with E-state index in [9.17, 15) is 0 Å². The zero-order valence-electron chi connectivity index (χ0n) is 8.27. The second-order valence-electron chi connectivity index (χ2n) is 2.87. The third-order valence-electron chi connectivity index (χ3n) is 1.85. The van der Waals surface area contributed by atoms with Crippen molar-refractivity contribution in [1.82, 2.24) is 9.97 Å². The van der Waals surface area contributed by atoms with Gasteiger partial charge in [-0.05, 0) is 11.4 Å². The number of thioether (sulfide) groups is 1. The van der Waals surface area contributed by atoms with Gasteiger partial charge in [0.05, 0.1) is 12.0 Å². The molecule has 15 heavy (non-hydrogen) atoms. The third kappa shape index (κ3) is 2.39. The maximum Gasteiger partial charge on any atom is 0.190 e. The van der Waals surface area contributed by atoms with Gasteiger partial charge in [-0.1, -0.05) is 11.8 Å². The zero-order valence-corrected chi connectivity index (χ0v) is 9.90. The standard InChI is InChI=1S/C9H11N3OS2/c1-13-3-5-15-9-11-7(10)6-2-4-14-8(6)12-9/h2,4H,3,5H2,1H3,(H2,10,11,12). The van der Waals surface area contributed by atoms with E-state index >= 15 is 0 Å². The summed E-state index contributed by atoms with van der Waals surface area (Å²) in [7, 11) is 1.68. The summed E-state index contributed by atoms with van der Waals surface area (Å²) < 4.78 is 4.96. The molecule has 0 saturated heterocycles. The zero-order chi connectivity index (χ0) is 10.7. The number of ether oxygens (including phenoxy) is 1. The molecule has 4 nitrogen and oxygen atoms in total. The lowest BCUT2D eigenvalue weighted by Crippen LogP contribution is -1.97. The number of hydrogen-bond acceptors (Lipinski definition) is 6. The van der Waals surface area contributed by atoms with Gasteiger partial charge in [0.25, 0.3) is 0 Å². The fourth-order valence-electron chi connectivity index (χ4n) is 1.14. The topological polar surface area (TPSA) is 61.0 Å². The first-order chi connectivity index (χ1) is 7.31. The van der Waals surface area contributed by atoms with Gasteiger partial charge in [0.15, 0.2) is 5.16 Å². The monoisotopic (exact) mass is 241 g/mol. The lowest BCUT2D eigenvalue weighted by Gasteiger charge is -2.01. The first-order valence-corrected chi connectivity index (χ1v) is 6.30. The molecule has 0 aliphatic carbocycles. The maximum absolute atomic E-state index is 5.82. The summed E-state index contributed by atoms with van der Waals surface area (Å²) in [6, 6.07) is 1.94. The molecule has 2 rings (SSSR count). The van der Waals surface area contributed by atoms with Crippen molar-refractivity contribution >= 4 is 39.1 Å². The van der Waals surface area contributed by atoms with Gasteiger partial charge in [-0.15, -0.1) is 11.3 Å². The van der Waals surface area contributed by atoms with E-state index < -0.39 is 0 Å². The molecule has 0 fully saturated rings. The highest BCUT2D eigenvalue weighted by molar-refractivity contribution is 7.99. The smallest absolute Gasteiger partial charge is 0.190 e. The number of nitrogens with zero attached hydrogens (tertiary/aromatic N) is 2. The molecule has 0 atom stereocenters. The minimum Gasteiger partial charge on any atom is -0.384 e. The molecule has 2 aromatic heterocycles. The molecule has 0 aromatic carbocycles. The number of hydrogen-bond donors (Lipinski definition) is 1. The van der Waals surface area contributed by atoms with E-state index in [-0.39, 0.29) is 0 Å². The molecule has 0 radical (unpaired) electrons. The molecule has 0 amide bonds. The Bertz CT molecular complexity index is 458. The van der Waals surface area contributed by atoms with E-state index in [0.29, 0.717) is 12.4 Å². The molecule has 6 heteroatoms. The predicted molar refractivity (Wildman–Crippen MR) is 64.4 cm³/mol. The average Bonchev–Trinajstić information content (AvgIpc) is 2.66. The van der Waals surface area contributed by atoms with Crippen molar-refractivity contribution in [3.63, 3.8) is 0 Å². The lowest BCUT2D eigenvalue weighted by atomic mass is 10.4. The minimum absolute atomic E-state index is 0.557. The van der Waals surface area contributed by atoms with E-state index in [2.05, 4.69) is 9.97 Å². The molecule has 2 aromatic rings. The number of fused-ring (bicyclic) bond motifs is 1. The molecule has 0 unspecified atom stereocenters. The van der Waals surface area contributed by atoms with Crippen molar-refractivity contribution in [2.45, 2.75) is 5.16 Å². The van der Waals surface area contributed by atoms with Crippen molar-refractivity contribution in [1.29, 1.82) is 0 Å². The highest BCUT2D eigenvalue weighted by Crippen LogP contribution is 2.25. The number of methoxy groups -OCH3 is 1.